The van der Waals surface area contributed by atoms with Crippen LogP contribution in [0, 0.1) is 0 Å². The summed E-state index contributed by atoms with van der Waals surface area (Å²) in [6.45, 7) is 3.94. The summed E-state index contributed by atoms with van der Waals surface area (Å²) in [6, 6.07) is 0.303. The van der Waals surface area contributed by atoms with Crippen LogP contribution >= 0.6 is 0 Å². The Labute approximate surface area is 106 Å². The fourth-order valence-electron chi connectivity index (χ4n) is 2.52. The number of piperidine rings is 1. The largest absolute Gasteiger partial charge is 0.377 e. The van der Waals surface area contributed by atoms with Gasteiger partial charge in [-0.15, -0.1) is 0 Å². The molecule has 0 aromatic carbocycles. The molecule has 100 valence electrons. The van der Waals surface area contributed by atoms with Gasteiger partial charge in [-0.25, -0.2) is 9.89 Å². The van der Waals surface area contributed by atoms with Crippen LogP contribution in [0.3, 0.4) is 0 Å². The number of hydrogen-bond donors (Lipinski definition) is 1. The van der Waals surface area contributed by atoms with Crippen molar-refractivity contribution in [1.29, 1.82) is 0 Å². The summed E-state index contributed by atoms with van der Waals surface area (Å²) in [6.07, 6.45) is 6.67. The van der Waals surface area contributed by atoms with Crippen LogP contribution in [0.1, 0.15) is 31.7 Å². The molecule has 0 radical (unpaired) electrons. The Morgan fingerprint density at radius 1 is 1.33 bits per heavy atom. The fraction of sp³-hybridized carbons (Fsp3) is 0.833. The second-order valence-electron chi connectivity index (χ2n) is 5.21. The van der Waals surface area contributed by atoms with Crippen molar-refractivity contribution < 1.29 is 4.74 Å². The van der Waals surface area contributed by atoms with Gasteiger partial charge in [0.25, 0.3) is 0 Å². The molecule has 0 unspecified atom stereocenters. The van der Waals surface area contributed by atoms with E-state index in [9.17, 15) is 4.79 Å². The number of H-pyrrole nitrogens is 1. The van der Waals surface area contributed by atoms with Crippen LogP contribution in [0.4, 0.5) is 0 Å². The van der Waals surface area contributed by atoms with Gasteiger partial charge in [0.15, 0.2) is 0 Å². The van der Waals surface area contributed by atoms with Crippen LogP contribution in [0.5, 0.6) is 0 Å². The summed E-state index contributed by atoms with van der Waals surface area (Å²) < 4.78 is 7.38. The number of rotatable bonds is 5. The SMILES string of the molecule is O=c1[nH]ncn1C1CCN(CCOC2CC2)CC1. The summed E-state index contributed by atoms with van der Waals surface area (Å²) in [5.41, 5.74) is -0.0921. The zero-order chi connectivity index (χ0) is 12.4. The Morgan fingerprint density at radius 3 is 2.72 bits per heavy atom. The van der Waals surface area contributed by atoms with Crippen molar-refractivity contribution in [3.63, 3.8) is 0 Å². The van der Waals surface area contributed by atoms with Crippen molar-refractivity contribution in [1.82, 2.24) is 19.7 Å². The van der Waals surface area contributed by atoms with Gasteiger partial charge in [-0.1, -0.05) is 0 Å². The van der Waals surface area contributed by atoms with E-state index in [4.69, 9.17) is 4.74 Å². The Balaban J connectivity index is 1.43. The lowest BCUT2D eigenvalue weighted by atomic mass is 10.1. The van der Waals surface area contributed by atoms with Crippen LogP contribution in [-0.4, -0.2) is 52.0 Å². The second-order valence-corrected chi connectivity index (χ2v) is 5.21. The van der Waals surface area contributed by atoms with E-state index in [1.165, 1.54) is 12.8 Å². The van der Waals surface area contributed by atoms with Crippen LogP contribution in [-0.2, 0) is 4.74 Å². The summed E-state index contributed by atoms with van der Waals surface area (Å²) in [5, 5.41) is 6.24. The minimum Gasteiger partial charge on any atom is -0.377 e. The highest BCUT2D eigenvalue weighted by Crippen LogP contribution is 2.24. The van der Waals surface area contributed by atoms with Crippen molar-refractivity contribution >= 4 is 0 Å². The average Bonchev–Trinajstić information content (AvgIpc) is 3.11. The van der Waals surface area contributed by atoms with Gasteiger partial charge in [0.1, 0.15) is 6.33 Å². The number of aromatic amines is 1. The third-order valence-corrected chi connectivity index (χ3v) is 3.81. The van der Waals surface area contributed by atoms with Crippen molar-refractivity contribution in [3.05, 3.63) is 16.8 Å². The molecule has 1 aliphatic heterocycles. The third kappa shape index (κ3) is 2.81. The molecule has 3 rings (SSSR count). The standard InChI is InChI=1S/C12H20N4O2/c17-12-14-13-9-16(12)10-3-5-15(6-4-10)7-8-18-11-1-2-11/h9-11H,1-8H2,(H,14,17). The summed E-state index contributed by atoms with van der Waals surface area (Å²) in [7, 11) is 0. The molecule has 1 saturated carbocycles. The smallest absolute Gasteiger partial charge is 0.343 e. The Kier molecular flexibility index (Phi) is 3.47. The summed E-state index contributed by atoms with van der Waals surface area (Å²) in [4.78, 5) is 13.9. The monoisotopic (exact) mass is 252 g/mol. The average molecular weight is 252 g/mol. The number of hydrogen-bond acceptors (Lipinski definition) is 4. The Hall–Kier alpha value is -1.14. The normalized spacial score (nSPS) is 22.4. The molecule has 6 heteroatoms. The van der Waals surface area contributed by atoms with E-state index in [1.54, 1.807) is 10.9 Å². The maximum Gasteiger partial charge on any atom is 0.343 e. The Morgan fingerprint density at radius 2 is 2.11 bits per heavy atom. The third-order valence-electron chi connectivity index (χ3n) is 3.81. The summed E-state index contributed by atoms with van der Waals surface area (Å²) >= 11 is 0. The van der Waals surface area contributed by atoms with Crippen molar-refractivity contribution in [2.45, 2.75) is 37.8 Å². The highest BCUT2D eigenvalue weighted by atomic mass is 16.5. The topological polar surface area (TPSA) is 63.2 Å². The van der Waals surface area contributed by atoms with Crippen molar-refractivity contribution in [2.24, 2.45) is 0 Å². The zero-order valence-electron chi connectivity index (χ0n) is 10.5. The molecule has 1 aromatic heterocycles. The van der Waals surface area contributed by atoms with Crippen molar-refractivity contribution in [2.75, 3.05) is 26.2 Å². The maximum atomic E-state index is 11.5. The first-order valence-corrected chi connectivity index (χ1v) is 6.78. The van der Waals surface area contributed by atoms with Gasteiger partial charge < -0.3 is 9.64 Å². The molecule has 1 saturated heterocycles. The molecule has 6 nitrogen and oxygen atoms in total. The lowest BCUT2D eigenvalue weighted by Gasteiger charge is -2.31. The van der Waals surface area contributed by atoms with Crippen LogP contribution < -0.4 is 5.69 Å². The predicted molar refractivity (Wildman–Crippen MR) is 66.5 cm³/mol. The quantitative estimate of drug-likeness (QED) is 0.823. The molecular formula is C12H20N4O2. The van der Waals surface area contributed by atoms with E-state index in [-0.39, 0.29) is 5.69 Å². The van der Waals surface area contributed by atoms with E-state index in [0.29, 0.717) is 12.1 Å². The van der Waals surface area contributed by atoms with E-state index in [1.807, 2.05) is 0 Å². The van der Waals surface area contributed by atoms with Gasteiger partial charge in [0.2, 0.25) is 0 Å². The molecule has 1 aliphatic carbocycles. The first kappa shape index (κ1) is 11.9. The molecular weight excluding hydrogens is 232 g/mol. The molecule has 1 aromatic rings. The molecule has 0 amide bonds. The van der Waals surface area contributed by atoms with E-state index in [2.05, 4.69) is 15.1 Å². The van der Waals surface area contributed by atoms with Gasteiger partial charge >= 0.3 is 5.69 Å². The van der Waals surface area contributed by atoms with Crippen LogP contribution in [0.15, 0.2) is 11.1 Å². The first-order chi connectivity index (χ1) is 8.83. The molecule has 2 heterocycles. The molecule has 2 aliphatic rings. The van der Waals surface area contributed by atoms with Gasteiger partial charge in [-0.3, -0.25) is 4.57 Å². The first-order valence-electron chi connectivity index (χ1n) is 6.78. The van der Waals surface area contributed by atoms with Gasteiger partial charge in [0, 0.05) is 25.7 Å². The lowest BCUT2D eigenvalue weighted by molar-refractivity contribution is 0.0792. The van der Waals surface area contributed by atoms with Gasteiger partial charge in [-0.2, -0.15) is 5.10 Å². The molecule has 0 spiro atoms. The minimum atomic E-state index is -0.0921. The predicted octanol–water partition coefficient (Wildman–Crippen LogP) is 0.387. The van der Waals surface area contributed by atoms with Crippen LogP contribution in [0.25, 0.3) is 0 Å². The van der Waals surface area contributed by atoms with Crippen LogP contribution in [0.2, 0.25) is 0 Å². The van der Waals surface area contributed by atoms with Crippen molar-refractivity contribution in [3.8, 4) is 0 Å². The van der Waals surface area contributed by atoms with Gasteiger partial charge in [0.05, 0.1) is 12.7 Å². The molecule has 2 fully saturated rings. The van der Waals surface area contributed by atoms with E-state index < -0.39 is 0 Å². The van der Waals surface area contributed by atoms with E-state index >= 15 is 0 Å². The molecule has 18 heavy (non-hydrogen) atoms. The highest BCUT2D eigenvalue weighted by Gasteiger charge is 2.24. The maximum absolute atomic E-state index is 11.5. The minimum absolute atomic E-state index is 0.0921. The number of aromatic nitrogens is 3. The number of nitrogens with one attached hydrogen (secondary N) is 1. The number of nitrogens with zero attached hydrogens (tertiary/aromatic N) is 3. The fourth-order valence-corrected chi connectivity index (χ4v) is 2.52. The zero-order valence-corrected chi connectivity index (χ0v) is 10.5. The molecule has 0 atom stereocenters. The molecule has 1 N–H and O–H groups in total. The number of ether oxygens (including phenoxy) is 1. The summed E-state index contributed by atoms with van der Waals surface area (Å²) in [5.74, 6) is 0. The lowest BCUT2D eigenvalue weighted by Crippen LogP contribution is -2.38. The van der Waals surface area contributed by atoms with Gasteiger partial charge in [-0.05, 0) is 25.7 Å². The highest BCUT2D eigenvalue weighted by molar-refractivity contribution is 4.80. The number of likely N-dealkylation sites (tertiary alicyclic amines) is 1. The van der Waals surface area contributed by atoms with E-state index in [0.717, 1.165) is 39.1 Å². The Bertz CT molecular complexity index is 429. The molecule has 0 bridgehead atoms. The second kappa shape index (κ2) is 5.24.